The van der Waals surface area contributed by atoms with Crippen LogP contribution in [-0.2, 0) is 7.05 Å². The Kier molecular flexibility index (Phi) is 3.34. The van der Waals surface area contributed by atoms with Crippen molar-refractivity contribution in [1.29, 1.82) is 0 Å². The fourth-order valence-corrected chi connectivity index (χ4v) is 0.664. The lowest BCUT2D eigenvalue weighted by atomic mass is 10.5. The summed E-state index contributed by atoms with van der Waals surface area (Å²) in [5, 5.41) is 3.85. The van der Waals surface area contributed by atoms with E-state index < -0.39 is 0 Å². The molecule has 0 aliphatic carbocycles. The average molecular weight is 252 g/mol. The molecule has 0 spiro atoms. The minimum absolute atomic E-state index is 0. The van der Waals surface area contributed by atoms with Crippen LogP contribution in [0.2, 0.25) is 0 Å². The van der Waals surface area contributed by atoms with E-state index in [0.29, 0.717) is 11.5 Å². The molecular weight excluding hydrogens is 243 g/mol. The highest BCUT2D eigenvalue weighted by atomic mass is 127. The maximum atomic E-state index is 5.42. The first-order valence-electron chi connectivity index (χ1n) is 2.57. The Morgan fingerprint density at radius 2 is 2.10 bits per heavy atom. The molecule has 0 aliphatic heterocycles. The van der Waals surface area contributed by atoms with Crippen molar-refractivity contribution < 1.29 is 28.7 Å². The second-order valence-corrected chi connectivity index (χ2v) is 1.87. The zero-order valence-corrected chi connectivity index (χ0v) is 7.74. The normalized spacial score (nSPS) is 8.50. The molecule has 1 rings (SSSR count). The van der Waals surface area contributed by atoms with Gasteiger partial charge in [-0.1, -0.05) is 4.68 Å². The first-order chi connectivity index (χ1) is 4.18. The number of nitrogens with two attached hydrogens (primary N) is 2. The Labute approximate surface area is 76.2 Å². The summed E-state index contributed by atoms with van der Waals surface area (Å²) < 4.78 is 1.57. The Balaban J connectivity index is 0.000000810. The van der Waals surface area contributed by atoms with Gasteiger partial charge in [-0.3, -0.25) is 0 Å². The van der Waals surface area contributed by atoms with Gasteiger partial charge in [0.1, 0.15) is 5.69 Å². The summed E-state index contributed by atoms with van der Waals surface area (Å²) in [7, 11) is 1.77. The van der Waals surface area contributed by atoms with E-state index >= 15 is 0 Å². The summed E-state index contributed by atoms with van der Waals surface area (Å²) >= 11 is 0. The molecule has 1 heterocycles. The summed E-state index contributed by atoms with van der Waals surface area (Å²) in [5.41, 5.74) is 11.4. The Morgan fingerprint density at radius 1 is 1.50 bits per heavy atom. The minimum atomic E-state index is 0. The number of anilines is 2. The van der Waals surface area contributed by atoms with Crippen molar-refractivity contribution in [2.45, 2.75) is 0 Å². The first kappa shape index (κ1) is 9.41. The second-order valence-electron chi connectivity index (χ2n) is 1.87. The van der Waals surface area contributed by atoms with E-state index in [1.165, 1.54) is 0 Å². The van der Waals surface area contributed by atoms with Crippen molar-refractivity contribution in [2.75, 3.05) is 11.5 Å². The summed E-state index contributed by atoms with van der Waals surface area (Å²) in [6.45, 7) is 0. The molecule has 4 nitrogen and oxygen atoms in total. The predicted octanol–water partition coefficient (Wildman–Crippen LogP) is -3.93. The number of aryl methyl sites for hydroxylation is 1. The van der Waals surface area contributed by atoms with E-state index in [-0.39, 0.29) is 24.0 Å². The van der Waals surface area contributed by atoms with Crippen LogP contribution in [0, 0.1) is 0 Å². The summed E-state index contributed by atoms with van der Waals surface area (Å²) in [4.78, 5) is 0. The maximum absolute atomic E-state index is 5.42. The molecule has 0 radical (unpaired) electrons. The number of halogens is 1. The number of rotatable bonds is 0. The molecule has 4 N–H and O–H groups in total. The highest BCUT2D eigenvalue weighted by molar-refractivity contribution is 5.41. The van der Waals surface area contributed by atoms with Crippen molar-refractivity contribution in [2.24, 2.45) is 7.05 Å². The van der Waals surface area contributed by atoms with Crippen molar-refractivity contribution in [3.63, 3.8) is 0 Å². The monoisotopic (exact) mass is 252 g/mol. The van der Waals surface area contributed by atoms with Gasteiger partial charge in [0.25, 0.3) is 0 Å². The number of hydrogen-bond donors (Lipinski definition) is 2. The average Bonchev–Trinajstić information content (AvgIpc) is 1.59. The number of nitrogens with zero attached hydrogens (tertiary/aromatic N) is 2. The highest BCUT2D eigenvalue weighted by Gasteiger charge is 1.97. The molecule has 0 aromatic carbocycles. The van der Waals surface area contributed by atoms with Crippen LogP contribution in [0.4, 0.5) is 11.5 Å². The van der Waals surface area contributed by atoms with E-state index in [1.807, 2.05) is 0 Å². The molecule has 1 aromatic heterocycles. The van der Waals surface area contributed by atoms with Crippen LogP contribution in [0.3, 0.4) is 0 Å². The number of aromatic nitrogens is 2. The van der Waals surface area contributed by atoms with Gasteiger partial charge in [0.15, 0.2) is 12.9 Å². The predicted molar refractivity (Wildman–Crippen MR) is 34.2 cm³/mol. The molecule has 0 aliphatic rings. The quantitative estimate of drug-likeness (QED) is 0.366. The van der Waals surface area contributed by atoms with E-state index in [4.69, 9.17) is 11.5 Å². The van der Waals surface area contributed by atoms with Crippen LogP contribution in [0.5, 0.6) is 0 Å². The molecule has 10 heavy (non-hydrogen) atoms. The Bertz CT molecular complexity index is 174. The maximum Gasteiger partial charge on any atom is 0.218 e. The van der Waals surface area contributed by atoms with Gasteiger partial charge in [0.2, 0.25) is 6.20 Å². The molecule has 0 fully saturated rings. The van der Waals surface area contributed by atoms with Gasteiger partial charge >= 0.3 is 0 Å². The minimum Gasteiger partial charge on any atom is -1.00 e. The molecule has 5 heteroatoms. The van der Waals surface area contributed by atoms with Crippen molar-refractivity contribution >= 4 is 11.5 Å². The van der Waals surface area contributed by atoms with Crippen LogP contribution >= 0.6 is 0 Å². The van der Waals surface area contributed by atoms with Crippen molar-refractivity contribution in [3.05, 3.63) is 12.3 Å². The van der Waals surface area contributed by atoms with Crippen LogP contribution in [0.1, 0.15) is 0 Å². The van der Waals surface area contributed by atoms with E-state index in [9.17, 15) is 0 Å². The van der Waals surface area contributed by atoms with Crippen molar-refractivity contribution in [3.8, 4) is 0 Å². The molecule has 56 valence electrons. The van der Waals surface area contributed by atoms with Crippen LogP contribution < -0.4 is 40.1 Å². The summed E-state index contributed by atoms with van der Waals surface area (Å²) in [5.74, 6) is 0.442. The smallest absolute Gasteiger partial charge is 0.218 e. The molecule has 0 amide bonds. The SMILES string of the molecule is C[n+]1cc(N)cc(N)n1.[I-]. The van der Waals surface area contributed by atoms with Crippen LogP contribution in [0.25, 0.3) is 0 Å². The molecule has 0 saturated carbocycles. The fourth-order valence-electron chi connectivity index (χ4n) is 0.664. The van der Waals surface area contributed by atoms with Gasteiger partial charge in [-0.15, -0.1) is 0 Å². The van der Waals surface area contributed by atoms with Gasteiger partial charge in [-0.2, -0.15) is 0 Å². The Morgan fingerprint density at radius 3 is 2.50 bits per heavy atom. The lowest BCUT2D eigenvalue weighted by molar-refractivity contribution is -0.729. The van der Waals surface area contributed by atoms with Crippen LogP contribution in [0.15, 0.2) is 12.3 Å². The van der Waals surface area contributed by atoms with E-state index in [0.717, 1.165) is 0 Å². The van der Waals surface area contributed by atoms with Gasteiger partial charge in [-0.05, 0) is 0 Å². The van der Waals surface area contributed by atoms with E-state index in [1.54, 1.807) is 24.0 Å². The van der Waals surface area contributed by atoms with Crippen LogP contribution in [-0.4, -0.2) is 5.10 Å². The van der Waals surface area contributed by atoms with Crippen molar-refractivity contribution in [1.82, 2.24) is 5.10 Å². The second kappa shape index (κ2) is 3.55. The molecule has 1 aromatic rings. The number of hydrogen-bond acceptors (Lipinski definition) is 3. The Hall–Kier alpha value is -0.590. The fraction of sp³-hybridized carbons (Fsp3) is 0.200. The molecular formula is C5H9IN4. The third-order valence-corrected chi connectivity index (χ3v) is 0.924. The molecule has 0 atom stereocenters. The van der Waals surface area contributed by atoms with Gasteiger partial charge in [0, 0.05) is 11.2 Å². The number of nitrogen functional groups attached to an aromatic ring is 2. The molecule has 0 unspecified atom stereocenters. The summed E-state index contributed by atoms with van der Waals surface area (Å²) in [6.07, 6.45) is 1.69. The lowest BCUT2D eigenvalue weighted by Crippen LogP contribution is -3.00. The van der Waals surface area contributed by atoms with Gasteiger partial charge < -0.3 is 35.4 Å². The highest BCUT2D eigenvalue weighted by Crippen LogP contribution is 1.98. The van der Waals surface area contributed by atoms with Gasteiger partial charge in [-0.25, -0.2) is 0 Å². The zero-order valence-electron chi connectivity index (χ0n) is 5.58. The largest absolute Gasteiger partial charge is 1.00 e. The van der Waals surface area contributed by atoms with Gasteiger partial charge in [0.05, 0.1) is 0 Å². The zero-order chi connectivity index (χ0) is 6.85. The van der Waals surface area contributed by atoms with E-state index in [2.05, 4.69) is 5.10 Å². The first-order valence-corrected chi connectivity index (χ1v) is 2.57. The molecule has 0 saturated heterocycles. The third kappa shape index (κ3) is 2.34. The molecule has 0 bridgehead atoms. The summed E-state index contributed by atoms with van der Waals surface area (Å²) in [6, 6.07) is 1.61. The standard InChI is InChI=1S/C5H9N4.HI/c1-9-3-4(6)2-5(7)8-9;/h2-3H,1H3,(H4,6,7,8);1H/q+1;/p-1. The lowest BCUT2D eigenvalue weighted by Gasteiger charge is -1.89. The topological polar surface area (TPSA) is 68.8 Å². The third-order valence-electron chi connectivity index (χ3n) is 0.924.